The summed E-state index contributed by atoms with van der Waals surface area (Å²) in [4.78, 5) is 16.6. The molecule has 1 amide bonds. The summed E-state index contributed by atoms with van der Waals surface area (Å²) in [6, 6.07) is 15.9. The molecule has 3 aromatic rings. The molecule has 1 aliphatic carbocycles. The first-order valence-corrected chi connectivity index (χ1v) is 11.0. The molecular formula is C24H27N3O2S. The van der Waals surface area contributed by atoms with E-state index in [-0.39, 0.29) is 5.91 Å². The van der Waals surface area contributed by atoms with Gasteiger partial charge in [0, 0.05) is 36.9 Å². The van der Waals surface area contributed by atoms with Gasteiger partial charge in [-0.3, -0.25) is 4.79 Å². The molecule has 1 aliphatic rings. The molecule has 0 spiro atoms. The Balaban J connectivity index is 1.51. The molecule has 4 rings (SSSR count). The van der Waals surface area contributed by atoms with Crippen LogP contribution in [0.1, 0.15) is 32.8 Å². The van der Waals surface area contributed by atoms with E-state index >= 15 is 0 Å². The van der Waals surface area contributed by atoms with Crippen molar-refractivity contribution in [2.75, 3.05) is 36.7 Å². The number of rotatable bonds is 7. The number of ether oxygens (including phenoxy) is 1. The van der Waals surface area contributed by atoms with Crippen LogP contribution in [-0.4, -0.2) is 27.1 Å². The van der Waals surface area contributed by atoms with E-state index in [4.69, 9.17) is 4.74 Å². The summed E-state index contributed by atoms with van der Waals surface area (Å²) in [7, 11) is 5.70. The third-order valence-electron chi connectivity index (χ3n) is 5.40. The van der Waals surface area contributed by atoms with E-state index in [1.165, 1.54) is 21.7 Å². The Labute approximate surface area is 181 Å². The van der Waals surface area contributed by atoms with Gasteiger partial charge in [0.05, 0.1) is 12.7 Å². The second-order valence-corrected chi connectivity index (χ2v) is 8.76. The van der Waals surface area contributed by atoms with Gasteiger partial charge in [0.1, 0.15) is 10.8 Å². The Bertz CT molecular complexity index is 1020. The van der Waals surface area contributed by atoms with Gasteiger partial charge in [-0.25, -0.2) is 0 Å². The van der Waals surface area contributed by atoms with Gasteiger partial charge in [0.2, 0.25) is 0 Å². The topological polar surface area (TPSA) is 53.6 Å². The first kappa shape index (κ1) is 20.3. The van der Waals surface area contributed by atoms with Crippen LogP contribution in [0.2, 0.25) is 0 Å². The number of nitrogens with zero attached hydrogens (tertiary/aromatic N) is 1. The molecular weight excluding hydrogens is 394 g/mol. The number of hydrogen-bond donors (Lipinski definition) is 2. The highest BCUT2D eigenvalue weighted by Gasteiger charge is 2.26. The number of anilines is 3. The Kier molecular flexibility index (Phi) is 5.95. The lowest BCUT2D eigenvalue weighted by Crippen LogP contribution is -2.15. The second kappa shape index (κ2) is 8.79. The quantitative estimate of drug-likeness (QED) is 0.552. The number of benzene rings is 2. The Hall–Kier alpha value is -2.99. The highest BCUT2D eigenvalue weighted by molar-refractivity contribution is 7.16. The maximum Gasteiger partial charge on any atom is 0.258 e. The van der Waals surface area contributed by atoms with Gasteiger partial charge in [-0.15, -0.1) is 11.3 Å². The van der Waals surface area contributed by atoms with E-state index in [0.717, 1.165) is 41.3 Å². The number of carbonyl (C=O) groups excluding carboxylic acids is 1. The highest BCUT2D eigenvalue weighted by atomic mass is 32.1. The van der Waals surface area contributed by atoms with Gasteiger partial charge < -0.3 is 20.3 Å². The number of fused-ring (bicyclic) bond motifs is 1. The van der Waals surface area contributed by atoms with Crippen LogP contribution >= 0.6 is 11.3 Å². The standard InChI is InChI=1S/C24H27N3O2S/c1-27(2)18-11-7-16(8-12-18)15-25-24-22(20-5-4-6-21(20)30-24)23(28)26-17-9-13-19(29-3)14-10-17/h7-14,25H,4-6,15H2,1-3H3,(H,26,28). The highest BCUT2D eigenvalue weighted by Crippen LogP contribution is 2.39. The van der Waals surface area contributed by atoms with Crippen LogP contribution in [0.25, 0.3) is 0 Å². The summed E-state index contributed by atoms with van der Waals surface area (Å²) >= 11 is 1.72. The van der Waals surface area contributed by atoms with Crippen molar-refractivity contribution in [3.05, 3.63) is 70.1 Å². The number of amides is 1. The summed E-state index contributed by atoms with van der Waals surface area (Å²) in [6.45, 7) is 0.690. The average Bonchev–Trinajstić information content (AvgIpc) is 3.34. The fourth-order valence-corrected chi connectivity index (χ4v) is 5.01. The van der Waals surface area contributed by atoms with Crippen LogP contribution in [0, 0.1) is 0 Å². The van der Waals surface area contributed by atoms with Crippen molar-refractivity contribution in [3.63, 3.8) is 0 Å². The normalized spacial score (nSPS) is 12.4. The number of methoxy groups -OCH3 is 1. The summed E-state index contributed by atoms with van der Waals surface area (Å²) in [5, 5.41) is 7.53. The predicted molar refractivity (Wildman–Crippen MR) is 125 cm³/mol. The van der Waals surface area contributed by atoms with E-state index in [1.54, 1.807) is 18.4 Å². The minimum Gasteiger partial charge on any atom is -0.497 e. The summed E-state index contributed by atoms with van der Waals surface area (Å²) in [5.74, 6) is 0.720. The molecule has 156 valence electrons. The number of aryl methyl sites for hydroxylation is 1. The molecule has 0 bridgehead atoms. The largest absolute Gasteiger partial charge is 0.497 e. The minimum absolute atomic E-state index is 0.0509. The van der Waals surface area contributed by atoms with Crippen molar-refractivity contribution in [1.82, 2.24) is 0 Å². The zero-order valence-electron chi connectivity index (χ0n) is 17.6. The zero-order chi connectivity index (χ0) is 21.1. The molecule has 0 fully saturated rings. The van der Waals surface area contributed by atoms with Crippen LogP contribution in [0.5, 0.6) is 5.75 Å². The second-order valence-electron chi connectivity index (χ2n) is 7.66. The summed E-state index contributed by atoms with van der Waals surface area (Å²) in [6.07, 6.45) is 3.15. The molecule has 0 radical (unpaired) electrons. The number of nitrogens with one attached hydrogen (secondary N) is 2. The summed E-state index contributed by atoms with van der Waals surface area (Å²) < 4.78 is 5.20. The monoisotopic (exact) mass is 421 g/mol. The fourth-order valence-electron chi connectivity index (χ4n) is 3.73. The van der Waals surface area contributed by atoms with E-state index in [9.17, 15) is 4.79 Å². The predicted octanol–water partition coefficient (Wildman–Crippen LogP) is 5.18. The van der Waals surface area contributed by atoms with Crippen molar-refractivity contribution in [1.29, 1.82) is 0 Å². The van der Waals surface area contributed by atoms with Gasteiger partial charge in [0.15, 0.2) is 0 Å². The van der Waals surface area contributed by atoms with Gasteiger partial charge in [-0.1, -0.05) is 12.1 Å². The SMILES string of the molecule is COc1ccc(NC(=O)c2c(NCc3ccc(N(C)C)cc3)sc3c2CCC3)cc1. The maximum atomic E-state index is 13.2. The number of carbonyl (C=O) groups is 1. The van der Waals surface area contributed by atoms with E-state index in [2.05, 4.69) is 39.8 Å². The maximum absolute atomic E-state index is 13.2. The molecule has 30 heavy (non-hydrogen) atoms. The molecule has 0 aliphatic heterocycles. The van der Waals surface area contributed by atoms with E-state index in [0.29, 0.717) is 6.54 Å². The van der Waals surface area contributed by atoms with E-state index in [1.807, 2.05) is 38.4 Å². The van der Waals surface area contributed by atoms with Gasteiger partial charge in [0.25, 0.3) is 5.91 Å². The molecule has 0 atom stereocenters. The molecule has 0 saturated carbocycles. The number of thiophene rings is 1. The van der Waals surface area contributed by atoms with Crippen molar-refractivity contribution >= 4 is 33.6 Å². The smallest absolute Gasteiger partial charge is 0.258 e. The Morgan fingerprint density at radius 3 is 2.47 bits per heavy atom. The lowest BCUT2D eigenvalue weighted by Gasteiger charge is -2.13. The minimum atomic E-state index is -0.0509. The van der Waals surface area contributed by atoms with Crippen molar-refractivity contribution < 1.29 is 9.53 Å². The molecule has 1 heterocycles. The fraction of sp³-hybridized carbons (Fsp3) is 0.292. The van der Waals surface area contributed by atoms with Gasteiger partial charge in [-0.05, 0) is 66.8 Å². The molecule has 0 saturated heterocycles. The third kappa shape index (κ3) is 4.28. The van der Waals surface area contributed by atoms with Crippen LogP contribution < -0.4 is 20.3 Å². The Morgan fingerprint density at radius 2 is 1.80 bits per heavy atom. The van der Waals surface area contributed by atoms with Crippen LogP contribution in [-0.2, 0) is 19.4 Å². The third-order valence-corrected chi connectivity index (χ3v) is 6.65. The lowest BCUT2D eigenvalue weighted by molar-refractivity contribution is 0.102. The molecule has 1 aromatic heterocycles. The average molecular weight is 422 g/mol. The summed E-state index contributed by atoms with van der Waals surface area (Å²) in [5.41, 5.74) is 5.14. The molecule has 0 unspecified atom stereocenters. The first-order valence-electron chi connectivity index (χ1n) is 10.1. The van der Waals surface area contributed by atoms with Crippen molar-refractivity contribution in [3.8, 4) is 5.75 Å². The van der Waals surface area contributed by atoms with Gasteiger partial charge in [-0.2, -0.15) is 0 Å². The lowest BCUT2D eigenvalue weighted by atomic mass is 10.1. The molecule has 6 heteroatoms. The van der Waals surface area contributed by atoms with Crippen molar-refractivity contribution in [2.24, 2.45) is 0 Å². The van der Waals surface area contributed by atoms with E-state index < -0.39 is 0 Å². The number of hydrogen-bond acceptors (Lipinski definition) is 5. The Morgan fingerprint density at radius 1 is 1.07 bits per heavy atom. The van der Waals surface area contributed by atoms with Crippen LogP contribution in [0.3, 0.4) is 0 Å². The van der Waals surface area contributed by atoms with Crippen molar-refractivity contribution in [2.45, 2.75) is 25.8 Å². The zero-order valence-corrected chi connectivity index (χ0v) is 18.4. The molecule has 2 aromatic carbocycles. The van der Waals surface area contributed by atoms with Gasteiger partial charge >= 0.3 is 0 Å². The first-order chi connectivity index (χ1) is 14.5. The van der Waals surface area contributed by atoms with Crippen LogP contribution in [0.4, 0.5) is 16.4 Å². The molecule has 5 nitrogen and oxygen atoms in total. The van der Waals surface area contributed by atoms with Crippen LogP contribution in [0.15, 0.2) is 48.5 Å². The molecule has 2 N–H and O–H groups in total.